The molecule has 0 saturated carbocycles. The van der Waals surface area contributed by atoms with E-state index >= 15 is 0 Å². The molecule has 2 aliphatic heterocycles. The molecule has 2 bridgehead atoms. The number of hydrogen-bond acceptors (Lipinski definition) is 5. The second kappa shape index (κ2) is 9.81. The van der Waals surface area contributed by atoms with E-state index in [9.17, 15) is 9.59 Å². The molecule has 4 atom stereocenters. The van der Waals surface area contributed by atoms with E-state index in [2.05, 4.69) is 35.7 Å². The van der Waals surface area contributed by atoms with Gasteiger partial charge in [-0.1, -0.05) is 43.9 Å². The summed E-state index contributed by atoms with van der Waals surface area (Å²) < 4.78 is 11.7. The Bertz CT molecular complexity index is 999. The highest BCUT2D eigenvalue weighted by Crippen LogP contribution is 2.49. The summed E-state index contributed by atoms with van der Waals surface area (Å²) in [5.74, 6) is -0.0405. The monoisotopic (exact) mass is 470 g/mol. The smallest absolute Gasteiger partial charge is 0.356 e. The molecular weight excluding hydrogens is 436 g/mol. The van der Waals surface area contributed by atoms with Gasteiger partial charge in [0.15, 0.2) is 0 Å². The second-order valence-corrected chi connectivity index (χ2v) is 16.1. The third-order valence-corrected chi connectivity index (χ3v) is 8.53. The van der Waals surface area contributed by atoms with Crippen LogP contribution in [0.3, 0.4) is 0 Å². The number of nitrogens with one attached hydrogen (secondary N) is 1. The van der Waals surface area contributed by atoms with Crippen molar-refractivity contribution in [1.82, 2.24) is 9.97 Å². The minimum absolute atomic E-state index is 0.0832. The molecule has 2 fully saturated rings. The van der Waals surface area contributed by atoms with Gasteiger partial charge in [0.1, 0.15) is 11.5 Å². The Hall–Kier alpha value is -2.45. The maximum Gasteiger partial charge on any atom is 0.356 e. The number of aliphatic carboxylic acids is 1. The number of esters is 1. The third-order valence-electron chi connectivity index (χ3n) is 6.82. The summed E-state index contributed by atoms with van der Waals surface area (Å²) in [5, 5.41) is 9.10. The molecule has 2 aromatic rings. The number of imidazole rings is 1. The predicted molar refractivity (Wildman–Crippen MR) is 127 cm³/mol. The van der Waals surface area contributed by atoms with Crippen molar-refractivity contribution in [3.05, 3.63) is 53.1 Å². The van der Waals surface area contributed by atoms with Crippen LogP contribution in [0, 0.1) is 5.92 Å². The lowest BCUT2D eigenvalue weighted by molar-refractivity contribution is -0.136. The standard InChI is InChI=1S/C25H34N2O5Si/c1-33(2,3)13-12-31-25(30)19-15-26-24(27-19)23-18(20-9-10-21(23)32-20)14-17-7-5-4-6-16(17)8-11-22(28)29/h4-7,15,18,20-21,23H,8-14H2,1-3H3,(H,26,27)(H,28,29). The van der Waals surface area contributed by atoms with Crippen molar-refractivity contribution in [3.8, 4) is 0 Å². The van der Waals surface area contributed by atoms with E-state index in [-0.39, 0.29) is 36.4 Å². The van der Waals surface area contributed by atoms with Crippen LogP contribution in [-0.2, 0) is 27.1 Å². The maximum absolute atomic E-state index is 12.5. The zero-order valence-corrected chi connectivity index (χ0v) is 20.7. The molecule has 33 heavy (non-hydrogen) atoms. The van der Waals surface area contributed by atoms with Crippen LogP contribution in [0.5, 0.6) is 0 Å². The normalized spacial score (nSPS) is 24.2. The fourth-order valence-corrected chi connectivity index (χ4v) is 5.76. The van der Waals surface area contributed by atoms with Crippen molar-refractivity contribution >= 4 is 20.0 Å². The first-order chi connectivity index (χ1) is 15.7. The molecule has 1 aromatic carbocycles. The number of carbonyl (C=O) groups excluding carboxylic acids is 1. The van der Waals surface area contributed by atoms with E-state index < -0.39 is 14.0 Å². The highest BCUT2D eigenvalue weighted by atomic mass is 28.3. The van der Waals surface area contributed by atoms with E-state index in [0.29, 0.717) is 18.7 Å². The number of aryl methyl sites for hydroxylation is 1. The Morgan fingerprint density at radius 1 is 1.18 bits per heavy atom. The quantitative estimate of drug-likeness (QED) is 0.394. The number of fused-ring (bicyclic) bond motifs is 2. The van der Waals surface area contributed by atoms with Gasteiger partial charge in [-0.3, -0.25) is 4.79 Å². The van der Waals surface area contributed by atoms with E-state index in [1.165, 1.54) is 5.56 Å². The molecule has 7 nitrogen and oxygen atoms in total. The average molecular weight is 471 g/mol. The van der Waals surface area contributed by atoms with Crippen molar-refractivity contribution in [2.45, 2.75) is 75.9 Å². The third kappa shape index (κ3) is 5.73. The number of carbonyl (C=O) groups is 2. The van der Waals surface area contributed by atoms with Crippen molar-refractivity contribution in [2.75, 3.05) is 6.61 Å². The number of rotatable bonds is 10. The Labute approximate surface area is 195 Å². The number of nitrogens with zero attached hydrogens (tertiary/aromatic N) is 1. The first-order valence-corrected chi connectivity index (χ1v) is 15.6. The van der Waals surface area contributed by atoms with Gasteiger partial charge in [0.25, 0.3) is 0 Å². The van der Waals surface area contributed by atoms with Gasteiger partial charge in [-0.25, -0.2) is 9.78 Å². The van der Waals surface area contributed by atoms with Gasteiger partial charge >= 0.3 is 11.9 Å². The van der Waals surface area contributed by atoms with Gasteiger partial charge in [-0.05, 0) is 42.9 Å². The number of carboxylic acid groups (broad SMARTS) is 1. The molecule has 0 spiro atoms. The number of aromatic amines is 1. The van der Waals surface area contributed by atoms with Crippen LogP contribution < -0.4 is 0 Å². The lowest BCUT2D eigenvalue weighted by Gasteiger charge is -2.27. The van der Waals surface area contributed by atoms with Crippen LogP contribution in [0.4, 0.5) is 0 Å². The first kappa shape index (κ1) is 23.7. The topological polar surface area (TPSA) is 102 Å². The van der Waals surface area contributed by atoms with Crippen molar-refractivity contribution < 1.29 is 24.2 Å². The van der Waals surface area contributed by atoms with Crippen molar-refractivity contribution in [3.63, 3.8) is 0 Å². The minimum Gasteiger partial charge on any atom is -0.481 e. The summed E-state index contributed by atoms with van der Waals surface area (Å²) in [4.78, 5) is 31.4. The van der Waals surface area contributed by atoms with Crippen LogP contribution in [0.2, 0.25) is 25.7 Å². The highest BCUT2D eigenvalue weighted by molar-refractivity contribution is 6.76. The minimum atomic E-state index is -1.27. The molecule has 8 heteroatoms. The SMILES string of the molecule is C[Si](C)(C)CCOC(=O)c1cnc(C2C3CCC(O3)C2Cc2ccccc2CCC(=O)O)[nH]1. The van der Waals surface area contributed by atoms with Gasteiger partial charge < -0.3 is 19.6 Å². The molecule has 4 unspecified atom stereocenters. The zero-order valence-electron chi connectivity index (χ0n) is 19.7. The van der Waals surface area contributed by atoms with Crippen LogP contribution >= 0.6 is 0 Å². The van der Waals surface area contributed by atoms with E-state index in [0.717, 1.165) is 36.7 Å². The van der Waals surface area contributed by atoms with E-state index in [1.54, 1.807) is 6.20 Å². The summed E-state index contributed by atoms with van der Waals surface area (Å²) >= 11 is 0. The predicted octanol–water partition coefficient (Wildman–Crippen LogP) is 4.43. The van der Waals surface area contributed by atoms with Gasteiger partial charge in [0, 0.05) is 26.3 Å². The van der Waals surface area contributed by atoms with Crippen LogP contribution in [0.15, 0.2) is 30.5 Å². The fraction of sp³-hybridized carbons (Fsp3) is 0.560. The van der Waals surface area contributed by atoms with Crippen LogP contribution in [-0.4, -0.2) is 53.9 Å². The van der Waals surface area contributed by atoms with Crippen LogP contribution in [0.1, 0.15) is 52.6 Å². The van der Waals surface area contributed by atoms with E-state index in [4.69, 9.17) is 14.6 Å². The fourth-order valence-electron chi connectivity index (χ4n) is 5.05. The number of benzene rings is 1. The highest BCUT2D eigenvalue weighted by Gasteiger charge is 2.50. The molecule has 2 aliphatic rings. The number of aromatic nitrogens is 2. The Morgan fingerprint density at radius 2 is 1.91 bits per heavy atom. The number of ether oxygens (including phenoxy) is 2. The Morgan fingerprint density at radius 3 is 2.64 bits per heavy atom. The first-order valence-electron chi connectivity index (χ1n) is 11.9. The second-order valence-electron chi connectivity index (χ2n) is 10.5. The summed E-state index contributed by atoms with van der Waals surface area (Å²) in [6.07, 6.45) is 5.28. The maximum atomic E-state index is 12.5. The van der Waals surface area contributed by atoms with Crippen LogP contribution in [0.25, 0.3) is 0 Å². The molecule has 1 aromatic heterocycles. The molecule has 4 rings (SSSR count). The van der Waals surface area contributed by atoms with Gasteiger partial charge in [0.05, 0.1) is 25.0 Å². The number of carboxylic acids is 1. The van der Waals surface area contributed by atoms with E-state index in [1.807, 2.05) is 18.2 Å². The summed E-state index contributed by atoms with van der Waals surface area (Å²) in [5.41, 5.74) is 2.64. The molecule has 0 amide bonds. The Balaban J connectivity index is 1.47. The lowest BCUT2D eigenvalue weighted by atomic mass is 9.75. The summed E-state index contributed by atoms with van der Waals surface area (Å²) in [6, 6.07) is 9.00. The van der Waals surface area contributed by atoms with Crippen molar-refractivity contribution in [1.29, 1.82) is 0 Å². The molecule has 2 saturated heterocycles. The summed E-state index contributed by atoms with van der Waals surface area (Å²) in [6.45, 7) is 7.20. The van der Waals surface area contributed by atoms with Gasteiger partial charge in [0.2, 0.25) is 0 Å². The number of hydrogen-bond donors (Lipinski definition) is 2. The largest absolute Gasteiger partial charge is 0.481 e. The van der Waals surface area contributed by atoms with Crippen molar-refractivity contribution in [2.24, 2.45) is 5.92 Å². The zero-order chi connectivity index (χ0) is 23.6. The molecular formula is C25H34N2O5Si. The average Bonchev–Trinajstić information content (AvgIpc) is 3.48. The Kier molecular flexibility index (Phi) is 7.04. The molecule has 3 heterocycles. The lowest BCUT2D eigenvalue weighted by Crippen LogP contribution is -2.28. The molecule has 178 valence electrons. The molecule has 0 aliphatic carbocycles. The molecule has 0 radical (unpaired) electrons. The van der Waals surface area contributed by atoms with Gasteiger partial charge in [-0.2, -0.15) is 0 Å². The molecule has 2 N–H and O–H groups in total. The summed E-state index contributed by atoms with van der Waals surface area (Å²) in [7, 11) is -1.27. The van der Waals surface area contributed by atoms with Gasteiger partial charge in [-0.15, -0.1) is 0 Å². The number of H-pyrrole nitrogens is 1.